The van der Waals surface area contributed by atoms with E-state index in [0.717, 1.165) is 5.75 Å². The van der Waals surface area contributed by atoms with Crippen LogP contribution < -0.4 is 4.74 Å². The molecule has 1 aliphatic rings. The minimum atomic E-state index is -0.765. The van der Waals surface area contributed by atoms with Gasteiger partial charge in [0.15, 0.2) is 0 Å². The predicted molar refractivity (Wildman–Crippen MR) is 83.0 cm³/mol. The van der Waals surface area contributed by atoms with Crippen LogP contribution in [0.4, 0.5) is 0 Å². The summed E-state index contributed by atoms with van der Waals surface area (Å²) in [6.07, 6.45) is 1.05. The van der Waals surface area contributed by atoms with Gasteiger partial charge < -0.3 is 14.7 Å². The standard InChI is InChI=1S/C17H23NO4/c1-12(2)11-22-15-5-3-13(4-6-15)16(19)18-9-7-14(8-10-18)17(20)21/h3-6,12,14H,7-11H2,1-2H3,(H,20,21). The molecule has 1 aromatic rings. The van der Waals surface area contributed by atoms with Crippen molar-refractivity contribution < 1.29 is 19.4 Å². The fraction of sp³-hybridized carbons (Fsp3) is 0.529. The van der Waals surface area contributed by atoms with Gasteiger partial charge in [0, 0.05) is 18.7 Å². The Bertz CT molecular complexity index is 516. The van der Waals surface area contributed by atoms with Gasteiger partial charge in [-0.3, -0.25) is 9.59 Å². The van der Waals surface area contributed by atoms with Crippen LogP contribution >= 0.6 is 0 Å². The summed E-state index contributed by atoms with van der Waals surface area (Å²) in [5.74, 6) is 0.0838. The van der Waals surface area contributed by atoms with Crippen molar-refractivity contribution in [1.82, 2.24) is 4.90 Å². The van der Waals surface area contributed by atoms with Crippen LogP contribution in [0, 0.1) is 11.8 Å². The van der Waals surface area contributed by atoms with Gasteiger partial charge in [-0.1, -0.05) is 13.8 Å². The molecule has 0 atom stereocenters. The third kappa shape index (κ3) is 4.23. The summed E-state index contributed by atoms with van der Waals surface area (Å²) in [5, 5.41) is 8.98. The first kappa shape index (κ1) is 16.3. The van der Waals surface area contributed by atoms with E-state index >= 15 is 0 Å². The van der Waals surface area contributed by atoms with Crippen LogP contribution in [0.15, 0.2) is 24.3 Å². The average Bonchev–Trinajstić information content (AvgIpc) is 2.53. The molecule has 0 unspecified atom stereocenters. The minimum Gasteiger partial charge on any atom is -0.493 e. The number of benzene rings is 1. The fourth-order valence-corrected chi connectivity index (χ4v) is 2.47. The first-order valence-electron chi connectivity index (χ1n) is 7.72. The van der Waals surface area contributed by atoms with Gasteiger partial charge in [-0.25, -0.2) is 0 Å². The highest BCUT2D eigenvalue weighted by molar-refractivity contribution is 5.94. The van der Waals surface area contributed by atoms with E-state index in [-0.39, 0.29) is 11.8 Å². The van der Waals surface area contributed by atoms with Crippen molar-refractivity contribution in [3.05, 3.63) is 29.8 Å². The predicted octanol–water partition coefficient (Wildman–Crippen LogP) is 2.66. The molecule has 120 valence electrons. The lowest BCUT2D eigenvalue weighted by Gasteiger charge is -2.30. The lowest BCUT2D eigenvalue weighted by atomic mass is 9.96. The first-order chi connectivity index (χ1) is 10.5. The Balaban J connectivity index is 1.91. The van der Waals surface area contributed by atoms with E-state index in [1.54, 1.807) is 29.2 Å². The Morgan fingerprint density at radius 3 is 2.32 bits per heavy atom. The maximum atomic E-state index is 12.4. The third-order valence-electron chi connectivity index (χ3n) is 3.82. The first-order valence-corrected chi connectivity index (χ1v) is 7.72. The van der Waals surface area contributed by atoms with E-state index in [2.05, 4.69) is 13.8 Å². The van der Waals surface area contributed by atoms with Crippen molar-refractivity contribution >= 4 is 11.9 Å². The maximum absolute atomic E-state index is 12.4. The summed E-state index contributed by atoms with van der Waals surface area (Å²) in [7, 11) is 0. The summed E-state index contributed by atoms with van der Waals surface area (Å²) >= 11 is 0. The number of hydrogen-bond acceptors (Lipinski definition) is 3. The summed E-state index contributed by atoms with van der Waals surface area (Å²) in [5.41, 5.74) is 0.616. The lowest BCUT2D eigenvalue weighted by molar-refractivity contribution is -0.143. The Kier molecular flexibility index (Phi) is 5.41. The van der Waals surface area contributed by atoms with Gasteiger partial charge in [0.05, 0.1) is 12.5 Å². The second-order valence-corrected chi connectivity index (χ2v) is 6.13. The molecule has 1 N–H and O–H groups in total. The molecule has 0 bridgehead atoms. The molecule has 5 nitrogen and oxygen atoms in total. The van der Waals surface area contributed by atoms with Crippen molar-refractivity contribution in [3.8, 4) is 5.75 Å². The molecule has 1 fully saturated rings. The van der Waals surface area contributed by atoms with E-state index in [1.165, 1.54) is 0 Å². The van der Waals surface area contributed by atoms with Crippen molar-refractivity contribution in [2.45, 2.75) is 26.7 Å². The van der Waals surface area contributed by atoms with Crippen LogP contribution in [0.3, 0.4) is 0 Å². The zero-order valence-electron chi connectivity index (χ0n) is 13.1. The zero-order valence-corrected chi connectivity index (χ0v) is 13.1. The third-order valence-corrected chi connectivity index (χ3v) is 3.82. The number of carbonyl (C=O) groups excluding carboxylic acids is 1. The van der Waals surface area contributed by atoms with E-state index in [0.29, 0.717) is 44.0 Å². The molecule has 0 aromatic heterocycles. The average molecular weight is 305 g/mol. The normalized spacial score (nSPS) is 15.9. The second kappa shape index (κ2) is 7.29. The number of carboxylic acids is 1. The monoisotopic (exact) mass is 305 g/mol. The number of piperidine rings is 1. The van der Waals surface area contributed by atoms with Gasteiger partial charge >= 0.3 is 5.97 Å². The molecule has 5 heteroatoms. The van der Waals surface area contributed by atoms with Crippen LogP contribution in [0.5, 0.6) is 5.75 Å². The Labute approximate surface area is 130 Å². The van der Waals surface area contributed by atoms with E-state index in [4.69, 9.17) is 9.84 Å². The van der Waals surface area contributed by atoms with Crippen LogP contribution in [0.25, 0.3) is 0 Å². The van der Waals surface area contributed by atoms with Gasteiger partial charge in [0.2, 0.25) is 0 Å². The van der Waals surface area contributed by atoms with E-state index < -0.39 is 5.97 Å². The van der Waals surface area contributed by atoms with Crippen molar-refractivity contribution in [3.63, 3.8) is 0 Å². The van der Waals surface area contributed by atoms with Gasteiger partial charge in [0.1, 0.15) is 5.75 Å². The quantitative estimate of drug-likeness (QED) is 0.908. The molecular formula is C17H23NO4. The fourth-order valence-electron chi connectivity index (χ4n) is 2.47. The highest BCUT2D eigenvalue weighted by atomic mass is 16.5. The van der Waals surface area contributed by atoms with Gasteiger partial charge in [-0.15, -0.1) is 0 Å². The highest BCUT2D eigenvalue weighted by Gasteiger charge is 2.27. The lowest BCUT2D eigenvalue weighted by Crippen LogP contribution is -2.40. The largest absolute Gasteiger partial charge is 0.493 e. The molecule has 22 heavy (non-hydrogen) atoms. The topological polar surface area (TPSA) is 66.8 Å². The summed E-state index contributed by atoms with van der Waals surface area (Å²) in [6.45, 7) is 5.82. The molecule has 2 rings (SSSR count). The summed E-state index contributed by atoms with van der Waals surface area (Å²) < 4.78 is 5.60. The number of ether oxygens (including phenoxy) is 1. The Morgan fingerprint density at radius 1 is 1.23 bits per heavy atom. The molecular weight excluding hydrogens is 282 g/mol. The molecule has 1 aromatic carbocycles. The highest BCUT2D eigenvalue weighted by Crippen LogP contribution is 2.20. The summed E-state index contributed by atoms with van der Waals surface area (Å²) in [6, 6.07) is 7.14. The Morgan fingerprint density at radius 2 is 1.82 bits per heavy atom. The number of hydrogen-bond donors (Lipinski definition) is 1. The molecule has 0 radical (unpaired) electrons. The van der Waals surface area contributed by atoms with Crippen molar-refractivity contribution in [1.29, 1.82) is 0 Å². The summed E-state index contributed by atoms with van der Waals surface area (Å²) in [4.78, 5) is 25.0. The van der Waals surface area contributed by atoms with Crippen LogP contribution in [0.1, 0.15) is 37.0 Å². The molecule has 1 heterocycles. The van der Waals surface area contributed by atoms with Gasteiger partial charge in [-0.05, 0) is 43.0 Å². The molecule has 1 aliphatic heterocycles. The second-order valence-electron chi connectivity index (χ2n) is 6.13. The van der Waals surface area contributed by atoms with Gasteiger partial charge in [-0.2, -0.15) is 0 Å². The number of aliphatic carboxylic acids is 1. The van der Waals surface area contributed by atoms with Gasteiger partial charge in [0.25, 0.3) is 5.91 Å². The molecule has 0 aliphatic carbocycles. The molecule has 1 amide bonds. The molecule has 0 saturated carbocycles. The maximum Gasteiger partial charge on any atom is 0.306 e. The van der Waals surface area contributed by atoms with Crippen LogP contribution in [-0.2, 0) is 4.79 Å². The van der Waals surface area contributed by atoms with Crippen molar-refractivity contribution in [2.75, 3.05) is 19.7 Å². The van der Waals surface area contributed by atoms with E-state index in [9.17, 15) is 9.59 Å². The number of nitrogens with zero attached hydrogens (tertiary/aromatic N) is 1. The number of amides is 1. The number of carboxylic acid groups (broad SMARTS) is 1. The SMILES string of the molecule is CC(C)COc1ccc(C(=O)N2CCC(C(=O)O)CC2)cc1. The van der Waals surface area contributed by atoms with Crippen molar-refractivity contribution in [2.24, 2.45) is 11.8 Å². The number of rotatable bonds is 5. The molecule has 1 saturated heterocycles. The number of likely N-dealkylation sites (tertiary alicyclic amines) is 1. The zero-order chi connectivity index (χ0) is 16.1. The molecule has 0 spiro atoms. The van der Waals surface area contributed by atoms with Crippen LogP contribution in [0.2, 0.25) is 0 Å². The number of carbonyl (C=O) groups is 2. The Hall–Kier alpha value is -2.04. The van der Waals surface area contributed by atoms with E-state index in [1.807, 2.05) is 0 Å². The minimum absolute atomic E-state index is 0.0424. The van der Waals surface area contributed by atoms with Crippen LogP contribution in [-0.4, -0.2) is 41.6 Å². The smallest absolute Gasteiger partial charge is 0.306 e.